The molecular formula is C22H19ClN4O2. The van der Waals surface area contributed by atoms with E-state index in [4.69, 9.17) is 11.6 Å². The molecule has 0 saturated carbocycles. The number of benzene rings is 2. The number of aromatic nitrogens is 3. The van der Waals surface area contributed by atoms with Gasteiger partial charge < -0.3 is 10.3 Å². The van der Waals surface area contributed by atoms with Crippen LogP contribution in [-0.4, -0.2) is 21.1 Å². The van der Waals surface area contributed by atoms with E-state index in [-0.39, 0.29) is 23.9 Å². The normalized spacial score (nSPS) is 16.1. The van der Waals surface area contributed by atoms with Crippen LogP contribution in [-0.2, 0) is 17.6 Å². The average molecular weight is 407 g/mol. The van der Waals surface area contributed by atoms with Crippen molar-refractivity contribution in [3.8, 4) is 0 Å². The minimum absolute atomic E-state index is 0.0938. The monoisotopic (exact) mass is 406 g/mol. The number of carbonyl (C=O) groups excluding carboxylic acids is 1. The molecule has 0 aliphatic heterocycles. The zero-order valence-corrected chi connectivity index (χ0v) is 16.3. The summed E-state index contributed by atoms with van der Waals surface area (Å²) in [7, 11) is 0. The zero-order chi connectivity index (χ0) is 20.0. The first-order valence-electron chi connectivity index (χ1n) is 9.66. The predicted molar refractivity (Wildman–Crippen MR) is 113 cm³/mol. The highest BCUT2D eigenvalue weighted by Gasteiger charge is 2.26. The van der Waals surface area contributed by atoms with Gasteiger partial charge in [0.25, 0.3) is 5.56 Å². The highest BCUT2D eigenvalue weighted by atomic mass is 35.5. The number of aromatic amines is 2. The highest BCUT2D eigenvalue weighted by Crippen LogP contribution is 2.37. The lowest BCUT2D eigenvalue weighted by Crippen LogP contribution is -2.32. The molecule has 1 aliphatic carbocycles. The topological polar surface area (TPSA) is 90.6 Å². The minimum Gasteiger partial charge on any atom is -0.355 e. The predicted octanol–water partition coefficient (Wildman–Crippen LogP) is 3.79. The van der Waals surface area contributed by atoms with E-state index in [1.807, 2.05) is 24.3 Å². The van der Waals surface area contributed by atoms with Gasteiger partial charge in [-0.2, -0.15) is 5.10 Å². The number of nitrogens with one attached hydrogen (secondary N) is 3. The Bertz CT molecular complexity index is 1310. The van der Waals surface area contributed by atoms with Crippen molar-refractivity contribution < 1.29 is 4.79 Å². The maximum atomic E-state index is 12.8. The number of H-pyrrole nitrogens is 2. The molecule has 3 N–H and O–H groups in total. The number of nitrogens with zero attached hydrogens (tertiary/aromatic N) is 1. The Morgan fingerprint density at radius 2 is 1.93 bits per heavy atom. The third-order valence-electron chi connectivity index (χ3n) is 5.63. The second kappa shape index (κ2) is 7.04. The van der Waals surface area contributed by atoms with E-state index in [9.17, 15) is 9.59 Å². The Hall–Kier alpha value is -3.12. The lowest BCUT2D eigenvalue weighted by atomic mass is 9.91. The Morgan fingerprint density at radius 3 is 2.79 bits per heavy atom. The molecule has 7 heteroatoms. The molecule has 146 valence electrons. The van der Waals surface area contributed by atoms with E-state index in [1.165, 1.54) is 5.56 Å². The van der Waals surface area contributed by atoms with E-state index >= 15 is 0 Å². The van der Waals surface area contributed by atoms with Gasteiger partial charge in [0.05, 0.1) is 34.1 Å². The van der Waals surface area contributed by atoms with Crippen molar-refractivity contribution in [2.75, 3.05) is 0 Å². The first-order valence-corrected chi connectivity index (χ1v) is 10.0. The molecule has 6 nitrogen and oxygen atoms in total. The smallest absolute Gasteiger partial charge is 0.272 e. The number of para-hydroxylation sites is 1. The molecule has 0 saturated heterocycles. The lowest BCUT2D eigenvalue weighted by molar-refractivity contribution is -0.121. The minimum atomic E-state index is -0.253. The van der Waals surface area contributed by atoms with Gasteiger partial charge in [0.2, 0.25) is 5.91 Å². The molecule has 2 heterocycles. The van der Waals surface area contributed by atoms with Crippen LogP contribution in [0.4, 0.5) is 0 Å². The average Bonchev–Trinajstić information content (AvgIpc) is 3.12. The van der Waals surface area contributed by atoms with Crippen LogP contribution >= 0.6 is 11.6 Å². The molecule has 5 rings (SSSR count). The maximum Gasteiger partial charge on any atom is 0.272 e. The van der Waals surface area contributed by atoms with Crippen molar-refractivity contribution in [3.05, 3.63) is 74.8 Å². The van der Waals surface area contributed by atoms with Crippen LogP contribution in [0.1, 0.15) is 35.8 Å². The maximum absolute atomic E-state index is 12.8. The van der Waals surface area contributed by atoms with Gasteiger partial charge in [0.1, 0.15) is 0 Å². The summed E-state index contributed by atoms with van der Waals surface area (Å²) in [6.45, 7) is 0. The second-order valence-corrected chi connectivity index (χ2v) is 7.82. The largest absolute Gasteiger partial charge is 0.355 e. The number of rotatable bonds is 3. The summed E-state index contributed by atoms with van der Waals surface area (Å²) in [5.41, 5.74) is 3.50. The Balaban J connectivity index is 1.43. The van der Waals surface area contributed by atoms with Gasteiger partial charge in [-0.1, -0.05) is 41.9 Å². The fraction of sp³-hybridized carbons (Fsp3) is 0.227. The number of carbonyl (C=O) groups is 1. The Morgan fingerprint density at radius 1 is 1.14 bits per heavy atom. The van der Waals surface area contributed by atoms with Crippen LogP contribution in [0.15, 0.2) is 47.3 Å². The Labute approximate surface area is 171 Å². The highest BCUT2D eigenvalue weighted by molar-refractivity contribution is 6.35. The second-order valence-electron chi connectivity index (χ2n) is 7.41. The van der Waals surface area contributed by atoms with Crippen molar-refractivity contribution in [2.45, 2.75) is 31.7 Å². The summed E-state index contributed by atoms with van der Waals surface area (Å²) in [6.07, 6.45) is 2.93. The molecular weight excluding hydrogens is 388 g/mol. The lowest BCUT2D eigenvalue weighted by Gasteiger charge is -2.24. The van der Waals surface area contributed by atoms with Gasteiger partial charge in [-0.15, -0.1) is 0 Å². The van der Waals surface area contributed by atoms with E-state index in [0.29, 0.717) is 21.5 Å². The van der Waals surface area contributed by atoms with Crippen LogP contribution in [0.3, 0.4) is 0 Å². The molecule has 0 fully saturated rings. The molecule has 2 aromatic heterocycles. The molecule has 29 heavy (non-hydrogen) atoms. The number of amides is 1. The van der Waals surface area contributed by atoms with Gasteiger partial charge >= 0.3 is 0 Å². The van der Waals surface area contributed by atoms with E-state index in [1.54, 1.807) is 12.1 Å². The van der Waals surface area contributed by atoms with Crippen LogP contribution in [0.5, 0.6) is 0 Å². The van der Waals surface area contributed by atoms with Crippen molar-refractivity contribution in [2.24, 2.45) is 0 Å². The molecule has 1 aliphatic rings. The summed E-state index contributed by atoms with van der Waals surface area (Å²) in [5.74, 6) is -0.127. The number of hydrogen-bond acceptors (Lipinski definition) is 3. The fourth-order valence-corrected chi connectivity index (χ4v) is 4.52. The van der Waals surface area contributed by atoms with Crippen molar-refractivity contribution in [1.29, 1.82) is 0 Å². The zero-order valence-electron chi connectivity index (χ0n) is 15.6. The third-order valence-corrected chi connectivity index (χ3v) is 5.94. The van der Waals surface area contributed by atoms with Crippen LogP contribution in [0.25, 0.3) is 21.7 Å². The van der Waals surface area contributed by atoms with Crippen molar-refractivity contribution >= 4 is 39.2 Å². The first-order chi connectivity index (χ1) is 14.1. The first kappa shape index (κ1) is 17.9. The molecule has 0 radical (unpaired) electrons. The molecule has 4 aromatic rings. The SMILES string of the molecule is O=C(Cc1n[nH]c(=O)c2ccccc12)N[C@H]1CCCc2c1[nH]c1c(Cl)cccc21. The fourth-order valence-electron chi connectivity index (χ4n) is 4.30. The summed E-state index contributed by atoms with van der Waals surface area (Å²) < 4.78 is 0. The molecule has 0 bridgehead atoms. The molecule has 2 aromatic carbocycles. The summed E-state index contributed by atoms with van der Waals surface area (Å²) in [5, 5.41) is 12.8. The summed E-state index contributed by atoms with van der Waals surface area (Å²) in [6, 6.07) is 13.0. The van der Waals surface area contributed by atoms with E-state index < -0.39 is 0 Å². The molecule has 0 unspecified atom stereocenters. The van der Waals surface area contributed by atoms with Crippen molar-refractivity contribution in [1.82, 2.24) is 20.5 Å². The van der Waals surface area contributed by atoms with Gasteiger partial charge in [-0.25, -0.2) is 5.10 Å². The van der Waals surface area contributed by atoms with Gasteiger partial charge in [0, 0.05) is 16.5 Å². The number of hydrogen-bond donors (Lipinski definition) is 3. The Kier molecular flexibility index (Phi) is 4.36. The van der Waals surface area contributed by atoms with Gasteiger partial charge in [0.15, 0.2) is 0 Å². The van der Waals surface area contributed by atoms with Crippen LogP contribution < -0.4 is 10.9 Å². The van der Waals surface area contributed by atoms with Crippen LogP contribution in [0.2, 0.25) is 5.02 Å². The summed E-state index contributed by atoms with van der Waals surface area (Å²) in [4.78, 5) is 28.2. The molecule has 1 amide bonds. The van der Waals surface area contributed by atoms with Gasteiger partial charge in [-0.05, 0) is 37.0 Å². The molecule has 1 atom stereocenters. The van der Waals surface area contributed by atoms with Gasteiger partial charge in [-0.3, -0.25) is 9.59 Å². The van der Waals surface area contributed by atoms with Crippen LogP contribution in [0, 0.1) is 0 Å². The molecule has 0 spiro atoms. The quantitative estimate of drug-likeness (QED) is 0.483. The number of aryl methyl sites for hydroxylation is 1. The van der Waals surface area contributed by atoms with E-state index in [0.717, 1.165) is 35.9 Å². The summed E-state index contributed by atoms with van der Waals surface area (Å²) >= 11 is 6.35. The standard InChI is InChI=1S/C22H19ClN4O2/c23-16-9-3-7-13-14-8-4-10-17(21(14)25-20(13)16)24-19(28)11-18-12-5-1-2-6-15(12)22(29)27-26-18/h1-3,5-7,9,17,25H,4,8,10-11H2,(H,24,28)(H,27,29)/t17-/m0/s1. The number of halogens is 1. The van der Waals surface area contributed by atoms with Crippen molar-refractivity contribution in [3.63, 3.8) is 0 Å². The third kappa shape index (κ3) is 3.09. The number of fused-ring (bicyclic) bond motifs is 4. The van der Waals surface area contributed by atoms with E-state index in [2.05, 4.69) is 26.6 Å².